The number of H-pyrrole nitrogens is 1. The molecule has 0 spiro atoms. The molecule has 8 nitrogen and oxygen atoms in total. The highest BCUT2D eigenvalue weighted by Gasteiger charge is 2.09. The van der Waals surface area contributed by atoms with Crippen LogP contribution in [0.3, 0.4) is 0 Å². The van der Waals surface area contributed by atoms with Crippen LogP contribution < -0.4 is 16.2 Å². The van der Waals surface area contributed by atoms with Gasteiger partial charge in [0.15, 0.2) is 5.82 Å². The molecule has 4 rings (SSSR count). The Morgan fingerprint density at radius 3 is 2.43 bits per heavy atom. The van der Waals surface area contributed by atoms with Gasteiger partial charge in [0.2, 0.25) is 0 Å². The summed E-state index contributed by atoms with van der Waals surface area (Å²) in [6, 6.07) is 15.1. The lowest BCUT2D eigenvalue weighted by atomic mass is 10.0. The minimum absolute atomic E-state index is 0.156. The van der Waals surface area contributed by atoms with Gasteiger partial charge in [0, 0.05) is 11.8 Å². The van der Waals surface area contributed by atoms with Crippen molar-refractivity contribution < 1.29 is 9.26 Å². The van der Waals surface area contributed by atoms with E-state index in [2.05, 4.69) is 9.97 Å². The van der Waals surface area contributed by atoms with E-state index in [-0.39, 0.29) is 6.54 Å². The smallest absolute Gasteiger partial charge is 0.440 e. The summed E-state index contributed by atoms with van der Waals surface area (Å²) in [6.07, 6.45) is 1.73. The maximum absolute atomic E-state index is 11.5. The number of nitrogens with zero attached hydrogens (tertiary/aromatic N) is 3. The van der Waals surface area contributed by atoms with E-state index in [1.165, 1.54) is 0 Å². The minimum atomic E-state index is -0.773. The van der Waals surface area contributed by atoms with E-state index in [1.807, 2.05) is 43.1 Å². The molecule has 0 amide bonds. The normalized spacial score (nSPS) is 10.9. The van der Waals surface area contributed by atoms with Crippen LogP contribution in [0.2, 0.25) is 0 Å². The second kappa shape index (κ2) is 8.20. The molecule has 0 saturated heterocycles. The van der Waals surface area contributed by atoms with Crippen LogP contribution in [-0.4, -0.2) is 19.7 Å². The molecule has 0 aliphatic heterocycles. The summed E-state index contributed by atoms with van der Waals surface area (Å²) in [7, 11) is 0. The molecule has 0 saturated carbocycles. The Morgan fingerprint density at radius 2 is 1.77 bits per heavy atom. The fourth-order valence-electron chi connectivity index (χ4n) is 3.20. The van der Waals surface area contributed by atoms with Crippen molar-refractivity contribution in [3.8, 4) is 17.1 Å². The predicted molar refractivity (Wildman–Crippen MR) is 110 cm³/mol. The lowest BCUT2D eigenvalue weighted by molar-refractivity contribution is 0.258. The van der Waals surface area contributed by atoms with Crippen LogP contribution in [0.25, 0.3) is 11.4 Å². The van der Waals surface area contributed by atoms with Crippen molar-refractivity contribution in [2.24, 2.45) is 0 Å². The number of aryl methyl sites for hydroxylation is 2. The summed E-state index contributed by atoms with van der Waals surface area (Å²) in [5.74, 6) is 0.569. The largest absolute Gasteiger partial charge is 0.487 e. The first-order chi connectivity index (χ1) is 14.5. The Kier molecular flexibility index (Phi) is 5.30. The minimum Gasteiger partial charge on any atom is -0.487 e. The van der Waals surface area contributed by atoms with E-state index >= 15 is 0 Å². The van der Waals surface area contributed by atoms with Crippen LogP contribution in [0.1, 0.15) is 22.4 Å². The highest BCUT2D eigenvalue weighted by atomic mass is 16.5. The zero-order chi connectivity index (χ0) is 21.1. The summed E-state index contributed by atoms with van der Waals surface area (Å²) in [4.78, 5) is 33.7. The molecular formula is C22H20N4O4. The third-order valence-electron chi connectivity index (χ3n) is 4.68. The van der Waals surface area contributed by atoms with E-state index in [0.29, 0.717) is 18.2 Å². The predicted octanol–water partition coefficient (Wildman–Crippen LogP) is 2.83. The molecule has 2 aromatic carbocycles. The first kappa shape index (κ1) is 19.4. The van der Waals surface area contributed by atoms with Gasteiger partial charge in [-0.3, -0.25) is 0 Å². The molecular weight excluding hydrogens is 384 g/mol. The Hall–Kier alpha value is -3.94. The fraction of sp³-hybridized carbons (Fsp3) is 0.182. The van der Waals surface area contributed by atoms with Gasteiger partial charge in [-0.1, -0.05) is 30.3 Å². The van der Waals surface area contributed by atoms with Crippen LogP contribution in [-0.2, 0) is 13.2 Å². The number of rotatable bonds is 6. The lowest BCUT2D eigenvalue weighted by Gasteiger charge is -2.10. The summed E-state index contributed by atoms with van der Waals surface area (Å²) in [5.41, 5.74) is 4.28. The number of nitrogens with one attached hydrogen (secondary N) is 1. The van der Waals surface area contributed by atoms with Gasteiger partial charge >= 0.3 is 11.4 Å². The number of aromatic nitrogens is 4. The van der Waals surface area contributed by atoms with Crippen LogP contribution in [0.4, 0.5) is 0 Å². The van der Waals surface area contributed by atoms with Crippen molar-refractivity contribution in [3.05, 3.63) is 98.1 Å². The summed E-state index contributed by atoms with van der Waals surface area (Å²) in [5, 5.41) is 0. The number of hydrogen-bond acceptors (Lipinski definition) is 6. The standard InChI is InChI=1S/C22H20N4O4/c1-14-4-3-5-15(2)19(14)20-23-11-10-17(24-20)13-29-18-8-6-16(7-9-18)12-26-21(27)25-22(28)30-26/h3-11H,12-13H2,1-2H3,(H,25,27,28). The van der Waals surface area contributed by atoms with Gasteiger partial charge < -0.3 is 9.26 Å². The Labute approximate surface area is 171 Å². The van der Waals surface area contributed by atoms with E-state index in [1.54, 1.807) is 30.5 Å². The van der Waals surface area contributed by atoms with Crippen molar-refractivity contribution >= 4 is 0 Å². The lowest BCUT2D eigenvalue weighted by Crippen LogP contribution is -2.17. The highest BCUT2D eigenvalue weighted by Crippen LogP contribution is 2.24. The van der Waals surface area contributed by atoms with Gasteiger partial charge in [0.25, 0.3) is 0 Å². The van der Waals surface area contributed by atoms with Crippen LogP contribution in [0, 0.1) is 13.8 Å². The molecule has 0 aliphatic rings. The van der Waals surface area contributed by atoms with Gasteiger partial charge in [0.1, 0.15) is 12.4 Å². The third-order valence-corrected chi connectivity index (χ3v) is 4.68. The molecule has 0 fully saturated rings. The molecule has 1 N–H and O–H groups in total. The summed E-state index contributed by atoms with van der Waals surface area (Å²) < 4.78 is 11.6. The monoisotopic (exact) mass is 404 g/mol. The van der Waals surface area contributed by atoms with Gasteiger partial charge in [-0.25, -0.2) is 24.5 Å². The second-order valence-electron chi connectivity index (χ2n) is 6.92. The fourth-order valence-corrected chi connectivity index (χ4v) is 3.20. The summed E-state index contributed by atoms with van der Waals surface area (Å²) >= 11 is 0. The van der Waals surface area contributed by atoms with Crippen molar-refractivity contribution in [1.82, 2.24) is 19.7 Å². The average molecular weight is 404 g/mol. The molecule has 4 aromatic rings. The van der Waals surface area contributed by atoms with Gasteiger partial charge in [-0.15, -0.1) is 4.74 Å². The molecule has 0 radical (unpaired) electrons. The van der Waals surface area contributed by atoms with Crippen molar-refractivity contribution in [2.45, 2.75) is 27.0 Å². The molecule has 2 heterocycles. The molecule has 152 valence electrons. The van der Waals surface area contributed by atoms with Gasteiger partial charge in [-0.2, -0.15) is 0 Å². The Bertz CT molecular complexity index is 1270. The maximum atomic E-state index is 11.5. The number of hydrogen-bond donors (Lipinski definition) is 1. The average Bonchev–Trinajstić information content (AvgIpc) is 3.04. The Balaban J connectivity index is 1.44. The number of aromatic amines is 1. The highest BCUT2D eigenvalue weighted by molar-refractivity contribution is 5.64. The number of benzene rings is 2. The van der Waals surface area contributed by atoms with Crippen LogP contribution >= 0.6 is 0 Å². The number of ether oxygens (including phenoxy) is 1. The SMILES string of the molecule is Cc1cccc(C)c1-c1nccc(COc2ccc(Cn3oc(=O)[nH]c3=O)cc2)n1. The maximum Gasteiger partial charge on any atom is 0.440 e. The summed E-state index contributed by atoms with van der Waals surface area (Å²) in [6.45, 7) is 4.54. The second-order valence-corrected chi connectivity index (χ2v) is 6.92. The molecule has 0 unspecified atom stereocenters. The molecule has 0 atom stereocenters. The molecule has 0 bridgehead atoms. The first-order valence-electron chi connectivity index (χ1n) is 9.40. The Morgan fingerprint density at radius 1 is 1.03 bits per heavy atom. The van der Waals surface area contributed by atoms with Gasteiger partial charge in [0.05, 0.1) is 12.2 Å². The van der Waals surface area contributed by atoms with Crippen LogP contribution in [0.15, 0.2) is 68.8 Å². The quantitative estimate of drug-likeness (QED) is 0.530. The molecule has 0 aliphatic carbocycles. The van der Waals surface area contributed by atoms with E-state index in [4.69, 9.17) is 9.26 Å². The zero-order valence-electron chi connectivity index (χ0n) is 16.6. The van der Waals surface area contributed by atoms with E-state index < -0.39 is 11.4 Å². The molecule has 2 aromatic heterocycles. The third kappa shape index (κ3) is 4.22. The van der Waals surface area contributed by atoms with Gasteiger partial charge in [-0.05, 0) is 48.7 Å². The first-order valence-corrected chi connectivity index (χ1v) is 9.40. The van der Waals surface area contributed by atoms with Crippen molar-refractivity contribution in [1.29, 1.82) is 0 Å². The van der Waals surface area contributed by atoms with E-state index in [9.17, 15) is 9.59 Å². The van der Waals surface area contributed by atoms with E-state index in [0.717, 1.165) is 32.7 Å². The van der Waals surface area contributed by atoms with Crippen LogP contribution in [0.5, 0.6) is 5.75 Å². The topological polar surface area (TPSA) is 103 Å². The zero-order valence-corrected chi connectivity index (χ0v) is 16.6. The van der Waals surface area contributed by atoms with Crippen molar-refractivity contribution in [2.75, 3.05) is 0 Å². The molecule has 8 heteroatoms. The molecule has 30 heavy (non-hydrogen) atoms. The van der Waals surface area contributed by atoms with Crippen molar-refractivity contribution in [3.63, 3.8) is 0 Å².